The lowest BCUT2D eigenvalue weighted by atomic mass is 9.99. The van der Waals surface area contributed by atoms with E-state index in [1.54, 1.807) is 38.5 Å². The third-order valence-electron chi connectivity index (χ3n) is 5.00. The van der Waals surface area contributed by atoms with Crippen molar-refractivity contribution in [2.24, 2.45) is 0 Å². The van der Waals surface area contributed by atoms with Gasteiger partial charge in [-0.25, -0.2) is 0 Å². The smallest absolute Gasteiger partial charge is 0.194 e. The lowest BCUT2D eigenvalue weighted by Gasteiger charge is -2.27. The molecule has 0 radical (unpaired) electrons. The maximum absolute atomic E-state index is 11.3. The number of rotatable bonds is 9. The first kappa shape index (κ1) is 24.2. The summed E-state index contributed by atoms with van der Waals surface area (Å²) < 4.78 is 12.7. The van der Waals surface area contributed by atoms with Crippen LogP contribution in [0.5, 0.6) is 11.5 Å². The Morgan fingerprint density at radius 1 is 1.00 bits per heavy atom. The summed E-state index contributed by atoms with van der Waals surface area (Å²) in [6.45, 7) is 0.291. The quantitative estimate of drug-likeness (QED) is 0.288. The highest BCUT2D eigenvalue weighted by atomic mass is 35.5. The second kappa shape index (κ2) is 11.0. The number of tetrazole rings is 1. The highest BCUT2D eigenvalue weighted by Crippen LogP contribution is 2.41. The van der Waals surface area contributed by atoms with Gasteiger partial charge in [-0.3, -0.25) is 0 Å². The number of aliphatic hydroxyl groups is 1. The number of aliphatic hydroxyl groups excluding tert-OH is 1. The summed E-state index contributed by atoms with van der Waals surface area (Å²) in [5, 5.41) is 26.6. The molecule has 0 aliphatic heterocycles. The monoisotopic (exact) mass is 517 g/mol. The molecule has 1 aromatic heterocycles. The van der Waals surface area contributed by atoms with Gasteiger partial charge in [-0.15, -0.1) is 10.2 Å². The molecule has 1 unspecified atom stereocenters. The van der Waals surface area contributed by atoms with Crippen molar-refractivity contribution in [2.45, 2.75) is 17.5 Å². The van der Waals surface area contributed by atoms with E-state index >= 15 is 0 Å². The number of hydrogen-bond donors (Lipinski definition) is 2. The first-order valence-corrected chi connectivity index (χ1v) is 11.6. The van der Waals surface area contributed by atoms with Crippen LogP contribution in [0.4, 0.5) is 5.69 Å². The van der Waals surface area contributed by atoms with E-state index < -0.39 is 6.10 Å². The Morgan fingerprint density at radius 2 is 1.79 bits per heavy atom. The molecule has 0 fully saturated rings. The van der Waals surface area contributed by atoms with Crippen molar-refractivity contribution < 1.29 is 14.6 Å². The van der Waals surface area contributed by atoms with Crippen LogP contribution in [0.25, 0.3) is 0 Å². The van der Waals surface area contributed by atoms with Crippen LogP contribution in [0, 0.1) is 0 Å². The molecule has 0 spiro atoms. The Labute approximate surface area is 210 Å². The zero-order chi connectivity index (χ0) is 24.1. The largest absolute Gasteiger partial charge is 0.493 e. The fraction of sp³-hybridized carbons (Fsp3) is 0.174. The van der Waals surface area contributed by atoms with E-state index in [9.17, 15) is 5.11 Å². The molecule has 34 heavy (non-hydrogen) atoms. The Balaban J connectivity index is 1.77. The van der Waals surface area contributed by atoms with Crippen molar-refractivity contribution in [3.05, 3.63) is 87.7 Å². The molecule has 3 aromatic carbocycles. The van der Waals surface area contributed by atoms with Gasteiger partial charge >= 0.3 is 0 Å². The number of aromatic amines is 1. The van der Waals surface area contributed by atoms with E-state index in [1.165, 1.54) is 11.9 Å². The van der Waals surface area contributed by atoms with Gasteiger partial charge in [-0.1, -0.05) is 46.6 Å². The SMILES string of the molecule is COc1ccc(SN(Cc2nn[nH]n2)c2ccc(Cl)cc2C(O)c2ccccc2Cl)cc1OC. The fourth-order valence-electron chi connectivity index (χ4n) is 3.38. The molecule has 0 aliphatic rings. The van der Waals surface area contributed by atoms with Crippen molar-refractivity contribution in [2.75, 3.05) is 18.5 Å². The van der Waals surface area contributed by atoms with E-state index in [4.69, 9.17) is 32.7 Å². The van der Waals surface area contributed by atoms with E-state index in [1.807, 2.05) is 40.7 Å². The zero-order valence-electron chi connectivity index (χ0n) is 18.3. The van der Waals surface area contributed by atoms with Crippen LogP contribution in [-0.2, 0) is 6.54 Å². The molecule has 8 nitrogen and oxygen atoms in total. The number of halogens is 2. The van der Waals surface area contributed by atoms with Crippen LogP contribution in [0.1, 0.15) is 23.1 Å². The average molecular weight is 518 g/mol. The Morgan fingerprint density at radius 3 is 2.50 bits per heavy atom. The molecule has 2 N–H and O–H groups in total. The maximum Gasteiger partial charge on any atom is 0.194 e. The molecule has 0 saturated heterocycles. The number of nitrogens with one attached hydrogen (secondary N) is 1. The fourth-order valence-corrected chi connectivity index (χ4v) is 4.79. The molecule has 1 heterocycles. The Bertz CT molecular complexity index is 1260. The standard InChI is InChI=1S/C23H21Cl2N5O3S/c1-32-20-10-8-15(12-21(20)33-2)34-30(13-22-26-28-29-27-22)19-9-7-14(24)11-17(19)23(31)16-5-3-4-6-18(16)25/h3-12,23,31H,13H2,1-2H3,(H,26,27,28,29). The third-order valence-corrected chi connectivity index (χ3v) is 6.59. The second-order valence-electron chi connectivity index (χ2n) is 7.10. The van der Waals surface area contributed by atoms with Crippen LogP contribution < -0.4 is 13.8 Å². The predicted molar refractivity (Wildman–Crippen MR) is 133 cm³/mol. The van der Waals surface area contributed by atoms with Gasteiger partial charge < -0.3 is 18.9 Å². The number of nitrogens with zero attached hydrogens (tertiary/aromatic N) is 4. The highest BCUT2D eigenvalue weighted by Gasteiger charge is 2.23. The summed E-state index contributed by atoms with van der Waals surface area (Å²) in [5.41, 5.74) is 1.86. The van der Waals surface area contributed by atoms with Gasteiger partial charge in [0.05, 0.1) is 26.5 Å². The van der Waals surface area contributed by atoms with Gasteiger partial charge in [0.15, 0.2) is 17.3 Å². The molecule has 1 atom stereocenters. The minimum Gasteiger partial charge on any atom is -0.493 e. The Hall–Kier alpha value is -2.98. The number of aromatic nitrogens is 4. The highest BCUT2D eigenvalue weighted by molar-refractivity contribution is 8.00. The van der Waals surface area contributed by atoms with Crippen molar-refractivity contribution >= 4 is 40.8 Å². The molecule has 0 aliphatic carbocycles. The van der Waals surface area contributed by atoms with Crippen LogP contribution in [0.3, 0.4) is 0 Å². The predicted octanol–water partition coefficient (Wildman–Crippen LogP) is 5.32. The lowest BCUT2D eigenvalue weighted by Crippen LogP contribution is -2.18. The average Bonchev–Trinajstić information content (AvgIpc) is 3.36. The molecular weight excluding hydrogens is 497 g/mol. The molecule has 0 amide bonds. The summed E-state index contributed by atoms with van der Waals surface area (Å²) in [4.78, 5) is 0.870. The third kappa shape index (κ3) is 5.39. The van der Waals surface area contributed by atoms with Crippen LogP contribution >= 0.6 is 35.1 Å². The number of hydrogen-bond acceptors (Lipinski definition) is 8. The molecule has 0 saturated carbocycles. The van der Waals surface area contributed by atoms with E-state index in [0.29, 0.717) is 50.7 Å². The summed E-state index contributed by atoms with van der Waals surface area (Å²) in [6.07, 6.45) is -1.01. The van der Waals surface area contributed by atoms with Crippen LogP contribution in [0.2, 0.25) is 10.0 Å². The summed E-state index contributed by atoms with van der Waals surface area (Å²) in [6, 6.07) is 18.1. The molecule has 4 aromatic rings. The summed E-state index contributed by atoms with van der Waals surface area (Å²) >= 11 is 14.1. The summed E-state index contributed by atoms with van der Waals surface area (Å²) in [7, 11) is 3.17. The zero-order valence-corrected chi connectivity index (χ0v) is 20.6. The van der Waals surface area contributed by atoms with Gasteiger partial charge in [-0.2, -0.15) is 5.21 Å². The number of benzene rings is 3. The Kier molecular flexibility index (Phi) is 7.79. The molecule has 176 valence electrons. The lowest BCUT2D eigenvalue weighted by molar-refractivity contribution is 0.221. The molecule has 11 heteroatoms. The van der Waals surface area contributed by atoms with Crippen LogP contribution in [-0.4, -0.2) is 40.0 Å². The second-order valence-corrected chi connectivity index (χ2v) is 9.04. The van der Waals surface area contributed by atoms with Gasteiger partial charge in [0.25, 0.3) is 0 Å². The van der Waals surface area contributed by atoms with Crippen LogP contribution in [0.15, 0.2) is 65.6 Å². The van der Waals surface area contributed by atoms with Gasteiger partial charge in [0, 0.05) is 26.1 Å². The minimum atomic E-state index is -1.01. The minimum absolute atomic E-state index is 0.291. The van der Waals surface area contributed by atoms with Crippen molar-refractivity contribution in [1.29, 1.82) is 0 Å². The summed E-state index contributed by atoms with van der Waals surface area (Å²) in [5.74, 6) is 1.69. The van der Waals surface area contributed by atoms with Gasteiger partial charge in [0.1, 0.15) is 6.10 Å². The number of ether oxygens (including phenoxy) is 2. The normalized spacial score (nSPS) is 11.8. The van der Waals surface area contributed by atoms with Crippen molar-refractivity contribution in [1.82, 2.24) is 20.6 Å². The van der Waals surface area contributed by atoms with Gasteiger partial charge in [0.2, 0.25) is 0 Å². The van der Waals surface area contributed by atoms with E-state index in [0.717, 1.165) is 4.90 Å². The maximum atomic E-state index is 11.3. The number of H-pyrrole nitrogens is 1. The first-order chi connectivity index (χ1) is 16.5. The van der Waals surface area contributed by atoms with Gasteiger partial charge in [-0.05, 0) is 54.4 Å². The van der Waals surface area contributed by atoms with Crippen molar-refractivity contribution in [3.63, 3.8) is 0 Å². The molecular formula is C23H21Cl2N5O3S. The van der Waals surface area contributed by atoms with Crippen molar-refractivity contribution in [3.8, 4) is 11.5 Å². The number of methoxy groups -OCH3 is 2. The first-order valence-electron chi connectivity index (χ1n) is 10.1. The molecule has 4 rings (SSSR count). The van der Waals surface area contributed by atoms with E-state index in [-0.39, 0.29) is 0 Å². The topological polar surface area (TPSA) is 96.4 Å². The van der Waals surface area contributed by atoms with E-state index in [2.05, 4.69) is 20.6 Å². The number of anilines is 1. The molecule has 0 bridgehead atoms.